The average Bonchev–Trinajstić information content (AvgIpc) is 2.58. The molecule has 0 heterocycles. The minimum absolute atomic E-state index is 0.0908. The highest BCUT2D eigenvalue weighted by atomic mass is 16.5. The van der Waals surface area contributed by atoms with Crippen LogP contribution in [0, 0.1) is 5.92 Å². The fraction of sp³-hybridized carbons (Fsp3) is 0.238. The summed E-state index contributed by atoms with van der Waals surface area (Å²) < 4.78 is 5.33. The van der Waals surface area contributed by atoms with Gasteiger partial charge in [0, 0.05) is 5.57 Å². The molecular weight excluding hydrogens is 300 g/mol. The first-order valence-electron chi connectivity index (χ1n) is 8.04. The molecule has 2 aromatic carbocycles. The van der Waals surface area contributed by atoms with Crippen LogP contribution in [-0.4, -0.2) is 18.4 Å². The molecule has 0 N–H and O–H groups in total. The number of esters is 1. The molecule has 0 bridgehead atoms. The molecule has 0 amide bonds. The van der Waals surface area contributed by atoms with Crippen molar-refractivity contribution in [1.82, 2.24) is 0 Å². The Balaban J connectivity index is 2.61. The number of ketones is 1. The third-order valence-electron chi connectivity index (χ3n) is 3.48. The lowest BCUT2D eigenvalue weighted by molar-refractivity contribution is -0.141. The van der Waals surface area contributed by atoms with Crippen LogP contribution in [0.5, 0.6) is 0 Å². The molecule has 0 aliphatic heterocycles. The molecule has 24 heavy (non-hydrogen) atoms. The molecule has 124 valence electrons. The first kappa shape index (κ1) is 17.7. The first-order valence-corrected chi connectivity index (χ1v) is 8.04. The quantitative estimate of drug-likeness (QED) is 0.345. The number of ether oxygens (including phenoxy) is 1. The van der Waals surface area contributed by atoms with E-state index in [0.717, 1.165) is 11.1 Å². The van der Waals surface area contributed by atoms with Crippen LogP contribution < -0.4 is 0 Å². The summed E-state index contributed by atoms with van der Waals surface area (Å²) >= 11 is 0. The van der Waals surface area contributed by atoms with Crippen molar-refractivity contribution in [3.8, 4) is 0 Å². The zero-order valence-electron chi connectivity index (χ0n) is 14.3. The van der Waals surface area contributed by atoms with Crippen molar-refractivity contribution in [3.05, 3.63) is 77.4 Å². The third kappa shape index (κ3) is 4.42. The van der Waals surface area contributed by atoms with E-state index < -0.39 is 5.97 Å². The molecule has 3 nitrogen and oxygen atoms in total. The molecule has 0 spiro atoms. The van der Waals surface area contributed by atoms with Crippen LogP contribution >= 0.6 is 0 Å². The summed E-state index contributed by atoms with van der Waals surface area (Å²) in [5, 5.41) is 0. The second-order valence-corrected chi connectivity index (χ2v) is 6.03. The van der Waals surface area contributed by atoms with Crippen LogP contribution in [0.4, 0.5) is 0 Å². The van der Waals surface area contributed by atoms with Crippen molar-refractivity contribution in [2.24, 2.45) is 5.92 Å². The van der Waals surface area contributed by atoms with Crippen molar-refractivity contribution in [3.63, 3.8) is 0 Å². The van der Waals surface area contributed by atoms with Crippen LogP contribution in [0.3, 0.4) is 0 Å². The summed E-state index contributed by atoms with van der Waals surface area (Å²) in [6.45, 7) is 5.60. The molecule has 0 aliphatic carbocycles. The number of carbonyl (C=O) groups excluding carboxylic acids is 2. The summed E-state index contributed by atoms with van der Waals surface area (Å²) in [4.78, 5) is 24.8. The lowest BCUT2D eigenvalue weighted by atomic mass is 9.91. The summed E-state index contributed by atoms with van der Waals surface area (Å²) in [5.74, 6) is -0.663. The van der Waals surface area contributed by atoms with E-state index in [1.54, 1.807) is 0 Å². The molecular formula is C21H22O3. The highest BCUT2D eigenvalue weighted by molar-refractivity contribution is 6.23. The Kier molecular flexibility index (Phi) is 6.07. The van der Waals surface area contributed by atoms with E-state index in [9.17, 15) is 9.59 Å². The number of rotatable bonds is 6. The van der Waals surface area contributed by atoms with Gasteiger partial charge in [0.15, 0.2) is 5.78 Å². The highest BCUT2D eigenvalue weighted by Crippen LogP contribution is 2.28. The van der Waals surface area contributed by atoms with Crippen molar-refractivity contribution < 1.29 is 14.3 Å². The summed E-state index contributed by atoms with van der Waals surface area (Å²) in [6, 6.07) is 18.9. The normalized spacial score (nSPS) is 10.3. The lowest BCUT2D eigenvalue weighted by Crippen LogP contribution is -2.18. The van der Waals surface area contributed by atoms with Gasteiger partial charge in [-0.25, -0.2) is 4.79 Å². The number of carbonyl (C=O) groups is 2. The van der Waals surface area contributed by atoms with Crippen molar-refractivity contribution in [2.45, 2.75) is 20.8 Å². The summed E-state index contributed by atoms with van der Waals surface area (Å²) in [7, 11) is 0. The second-order valence-electron chi connectivity index (χ2n) is 6.03. The van der Waals surface area contributed by atoms with Gasteiger partial charge in [0.05, 0.1) is 6.61 Å². The number of hydrogen-bond donors (Lipinski definition) is 0. The molecule has 0 radical (unpaired) electrons. The topological polar surface area (TPSA) is 43.4 Å². The van der Waals surface area contributed by atoms with E-state index in [1.165, 1.54) is 6.92 Å². The van der Waals surface area contributed by atoms with E-state index in [2.05, 4.69) is 0 Å². The molecule has 2 aromatic rings. The number of hydrogen-bond acceptors (Lipinski definition) is 3. The van der Waals surface area contributed by atoms with Crippen LogP contribution in [0.2, 0.25) is 0 Å². The monoisotopic (exact) mass is 322 g/mol. The van der Waals surface area contributed by atoms with Crippen LogP contribution in [0.15, 0.2) is 66.2 Å². The second kappa shape index (κ2) is 8.25. The maximum atomic E-state index is 12.6. The van der Waals surface area contributed by atoms with E-state index >= 15 is 0 Å². The Morgan fingerprint density at radius 1 is 0.875 bits per heavy atom. The number of Topliss-reactive ketones (excluding diaryl/α,β-unsaturated/α-hetero) is 1. The van der Waals surface area contributed by atoms with Crippen LogP contribution in [0.25, 0.3) is 5.57 Å². The van der Waals surface area contributed by atoms with Gasteiger partial charge < -0.3 is 4.74 Å². The Labute approximate surface area is 143 Å². The zero-order chi connectivity index (χ0) is 17.5. The van der Waals surface area contributed by atoms with Gasteiger partial charge in [0.1, 0.15) is 5.57 Å². The van der Waals surface area contributed by atoms with E-state index in [-0.39, 0.29) is 23.9 Å². The van der Waals surface area contributed by atoms with Crippen molar-refractivity contribution in [1.29, 1.82) is 0 Å². The van der Waals surface area contributed by atoms with Crippen LogP contribution in [-0.2, 0) is 14.3 Å². The Morgan fingerprint density at radius 2 is 1.33 bits per heavy atom. The fourth-order valence-corrected chi connectivity index (χ4v) is 2.40. The van der Waals surface area contributed by atoms with Gasteiger partial charge >= 0.3 is 5.97 Å². The molecule has 0 unspecified atom stereocenters. The predicted molar refractivity (Wildman–Crippen MR) is 95.4 cm³/mol. The highest BCUT2D eigenvalue weighted by Gasteiger charge is 2.23. The van der Waals surface area contributed by atoms with Gasteiger partial charge in [-0.1, -0.05) is 74.5 Å². The molecule has 2 rings (SSSR count). The summed E-state index contributed by atoms with van der Waals surface area (Å²) in [5.41, 5.74) is 2.33. The van der Waals surface area contributed by atoms with Gasteiger partial charge in [0.2, 0.25) is 0 Å². The van der Waals surface area contributed by atoms with E-state index in [1.807, 2.05) is 74.5 Å². The maximum Gasteiger partial charge on any atom is 0.342 e. The standard InChI is InChI=1S/C21H22O3/c1-15(2)14-24-21(23)19(16(3)22)20(17-10-6-4-7-11-17)18-12-8-5-9-13-18/h4-13,15H,14H2,1-3H3. The van der Waals surface area contributed by atoms with Crippen LogP contribution in [0.1, 0.15) is 31.9 Å². The minimum atomic E-state index is -0.570. The van der Waals surface area contributed by atoms with Gasteiger partial charge in [0.25, 0.3) is 0 Å². The fourth-order valence-electron chi connectivity index (χ4n) is 2.40. The van der Waals surface area contributed by atoms with Gasteiger partial charge in [-0.3, -0.25) is 4.79 Å². The smallest absolute Gasteiger partial charge is 0.342 e. The average molecular weight is 322 g/mol. The largest absolute Gasteiger partial charge is 0.462 e. The third-order valence-corrected chi connectivity index (χ3v) is 3.48. The maximum absolute atomic E-state index is 12.6. The molecule has 0 fully saturated rings. The minimum Gasteiger partial charge on any atom is -0.462 e. The van der Waals surface area contributed by atoms with Gasteiger partial charge in [-0.15, -0.1) is 0 Å². The zero-order valence-corrected chi connectivity index (χ0v) is 14.3. The first-order chi connectivity index (χ1) is 11.5. The van der Waals surface area contributed by atoms with Crippen molar-refractivity contribution in [2.75, 3.05) is 6.61 Å². The van der Waals surface area contributed by atoms with Crippen molar-refractivity contribution >= 4 is 17.3 Å². The van der Waals surface area contributed by atoms with Gasteiger partial charge in [-0.2, -0.15) is 0 Å². The van der Waals surface area contributed by atoms with E-state index in [4.69, 9.17) is 4.74 Å². The molecule has 0 saturated carbocycles. The Hall–Kier alpha value is -2.68. The molecule has 0 saturated heterocycles. The Morgan fingerprint density at radius 3 is 1.71 bits per heavy atom. The number of benzene rings is 2. The molecule has 0 aromatic heterocycles. The molecule has 0 aliphatic rings. The Bertz CT molecular complexity index is 687. The van der Waals surface area contributed by atoms with E-state index in [0.29, 0.717) is 5.57 Å². The molecule has 3 heteroatoms. The summed E-state index contributed by atoms with van der Waals surface area (Å²) in [6.07, 6.45) is 0. The lowest BCUT2D eigenvalue weighted by Gasteiger charge is -2.15. The van der Waals surface area contributed by atoms with Gasteiger partial charge in [-0.05, 0) is 24.0 Å². The predicted octanol–water partition coefficient (Wildman–Crippen LogP) is 4.28. The SMILES string of the molecule is CC(=O)C(C(=O)OCC(C)C)=C(c1ccccc1)c1ccccc1. The molecule has 0 atom stereocenters.